The van der Waals surface area contributed by atoms with Crippen molar-refractivity contribution in [3.63, 3.8) is 0 Å². The molecule has 0 radical (unpaired) electrons. The topological polar surface area (TPSA) is 38.3 Å². The summed E-state index contributed by atoms with van der Waals surface area (Å²) < 4.78 is 18.2. The maximum absolute atomic E-state index is 13.0. The molecule has 0 aliphatic heterocycles. The number of carbonyl (C=O) groups excluding carboxylic acids is 1. The Balaban J connectivity index is 1.84. The summed E-state index contributed by atoms with van der Waals surface area (Å²) in [6, 6.07) is 7.78. The van der Waals surface area contributed by atoms with Crippen molar-refractivity contribution >= 4 is 28.8 Å². The molecule has 106 valence electrons. The molecule has 2 rings (SSSR count). The lowest BCUT2D eigenvalue weighted by atomic mass is 10.3. The van der Waals surface area contributed by atoms with Crippen LogP contribution in [-0.2, 0) is 4.79 Å². The molecule has 3 nitrogen and oxygen atoms in total. The second-order valence-corrected chi connectivity index (χ2v) is 5.56. The van der Waals surface area contributed by atoms with Crippen LogP contribution in [0.3, 0.4) is 0 Å². The van der Waals surface area contributed by atoms with Crippen LogP contribution in [0.4, 0.5) is 4.39 Å². The first-order chi connectivity index (χ1) is 9.56. The van der Waals surface area contributed by atoms with Gasteiger partial charge in [0.25, 0.3) is 5.91 Å². The molecule has 1 aromatic heterocycles. The maximum atomic E-state index is 13.0. The van der Waals surface area contributed by atoms with Gasteiger partial charge in [-0.2, -0.15) is 0 Å². The molecule has 1 heterocycles. The highest BCUT2D eigenvalue weighted by molar-refractivity contribution is 7.10. The number of halogens is 2. The predicted octanol–water partition coefficient (Wildman–Crippen LogP) is 3.80. The number of hydrogen-bond donors (Lipinski definition) is 1. The van der Waals surface area contributed by atoms with Gasteiger partial charge in [0, 0.05) is 10.9 Å². The Bertz CT molecular complexity index is 589. The van der Waals surface area contributed by atoms with Gasteiger partial charge in [-0.05, 0) is 30.5 Å². The summed E-state index contributed by atoms with van der Waals surface area (Å²) in [5.41, 5.74) is 0. The summed E-state index contributed by atoms with van der Waals surface area (Å²) >= 11 is 7.20. The van der Waals surface area contributed by atoms with E-state index in [4.69, 9.17) is 16.3 Å². The number of ether oxygens (including phenoxy) is 1. The highest BCUT2D eigenvalue weighted by Crippen LogP contribution is 2.21. The van der Waals surface area contributed by atoms with Gasteiger partial charge < -0.3 is 10.1 Å². The van der Waals surface area contributed by atoms with Gasteiger partial charge in [0.2, 0.25) is 0 Å². The van der Waals surface area contributed by atoms with Crippen molar-refractivity contribution in [2.24, 2.45) is 0 Å². The van der Waals surface area contributed by atoms with Gasteiger partial charge in [-0.1, -0.05) is 17.7 Å². The lowest BCUT2D eigenvalue weighted by Gasteiger charge is -2.13. The zero-order valence-corrected chi connectivity index (χ0v) is 12.3. The van der Waals surface area contributed by atoms with E-state index in [1.165, 1.54) is 18.2 Å². The Kier molecular flexibility index (Phi) is 4.98. The van der Waals surface area contributed by atoms with Crippen LogP contribution in [0, 0.1) is 5.82 Å². The van der Waals surface area contributed by atoms with E-state index in [1.54, 1.807) is 11.3 Å². The third-order valence-corrected chi connectivity index (χ3v) is 3.95. The minimum atomic E-state index is -0.519. The first kappa shape index (κ1) is 14.8. The van der Waals surface area contributed by atoms with Crippen molar-refractivity contribution < 1.29 is 13.9 Å². The molecule has 20 heavy (non-hydrogen) atoms. The zero-order chi connectivity index (χ0) is 14.5. The number of amides is 1. The molecular formula is C14H13ClFNO2S. The molecule has 1 N–H and O–H groups in total. The summed E-state index contributed by atoms with van der Waals surface area (Å²) in [5, 5.41) is 4.74. The Morgan fingerprint density at radius 1 is 1.50 bits per heavy atom. The zero-order valence-electron chi connectivity index (χ0n) is 10.7. The molecule has 1 aromatic carbocycles. The average Bonchev–Trinajstić information content (AvgIpc) is 2.94. The Labute approximate surface area is 125 Å². The van der Waals surface area contributed by atoms with Crippen LogP contribution < -0.4 is 10.1 Å². The van der Waals surface area contributed by atoms with E-state index >= 15 is 0 Å². The quantitative estimate of drug-likeness (QED) is 0.912. The Hall–Kier alpha value is -1.59. The predicted molar refractivity (Wildman–Crippen MR) is 77.8 cm³/mol. The standard InChI is InChI=1S/C14H13ClFNO2S/c1-9(13-3-2-6-20-13)17-14(18)8-19-10-4-5-12(16)11(15)7-10/h2-7,9H,8H2,1H3,(H,17,18)/t9-/m1/s1. The second-order valence-electron chi connectivity index (χ2n) is 4.17. The SMILES string of the molecule is C[C@@H](NC(=O)COc1ccc(F)c(Cl)c1)c1cccs1. The highest BCUT2D eigenvalue weighted by Gasteiger charge is 2.11. The van der Waals surface area contributed by atoms with Crippen molar-refractivity contribution in [2.45, 2.75) is 13.0 Å². The lowest BCUT2D eigenvalue weighted by Crippen LogP contribution is -2.30. The van der Waals surface area contributed by atoms with Crippen LogP contribution in [-0.4, -0.2) is 12.5 Å². The van der Waals surface area contributed by atoms with Crippen molar-refractivity contribution in [1.29, 1.82) is 0 Å². The van der Waals surface area contributed by atoms with E-state index in [0.717, 1.165) is 4.88 Å². The molecule has 0 aliphatic carbocycles. The average molecular weight is 314 g/mol. The van der Waals surface area contributed by atoms with E-state index in [9.17, 15) is 9.18 Å². The number of hydrogen-bond acceptors (Lipinski definition) is 3. The van der Waals surface area contributed by atoms with Gasteiger partial charge in [0.15, 0.2) is 6.61 Å². The highest BCUT2D eigenvalue weighted by atomic mass is 35.5. The van der Waals surface area contributed by atoms with Crippen molar-refractivity contribution in [1.82, 2.24) is 5.32 Å². The van der Waals surface area contributed by atoms with Crippen LogP contribution in [0.2, 0.25) is 5.02 Å². The molecule has 0 bridgehead atoms. The van der Waals surface area contributed by atoms with E-state index < -0.39 is 5.82 Å². The molecule has 6 heteroatoms. The summed E-state index contributed by atoms with van der Waals surface area (Å²) in [7, 11) is 0. The molecule has 0 spiro atoms. The van der Waals surface area contributed by atoms with Crippen molar-refractivity contribution in [3.8, 4) is 5.75 Å². The summed E-state index contributed by atoms with van der Waals surface area (Å²) in [5.74, 6) is -0.406. The van der Waals surface area contributed by atoms with Gasteiger partial charge in [-0.15, -0.1) is 11.3 Å². The van der Waals surface area contributed by atoms with Gasteiger partial charge in [0.05, 0.1) is 11.1 Å². The molecule has 1 amide bonds. The summed E-state index contributed by atoms with van der Waals surface area (Å²) in [6.45, 7) is 1.76. The molecule has 0 unspecified atom stereocenters. The molecule has 2 aromatic rings. The van der Waals surface area contributed by atoms with Crippen LogP contribution in [0.25, 0.3) is 0 Å². The van der Waals surface area contributed by atoms with Gasteiger partial charge >= 0.3 is 0 Å². The first-order valence-corrected chi connectivity index (χ1v) is 7.22. The van der Waals surface area contributed by atoms with Gasteiger partial charge in [-0.3, -0.25) is 4.79 Å². The number of thiophene rings is 1. The fourth-order valence-corrected chi connectivity index (χ4v) is 2.51. The van der Waals surface area contributed by atoms with Crippen LogP contribution in [0.15, 0.2) is 35.7 Å². The van der Waals surface area contributed by atoms with Crippen molar-refractivity contribution in [2.75, 3.05) is 6.61 Å². The van der Waals surface area contributed by atoms with E-state index in [1.807, 2.05) is 24.4 Å². The minimum Gasteiger partial charge on any atom is -0.484 e. The smallest absolute Gasteiger partial charge is 0.258 e. The molecule has 0 saturated heterocycles. The lowest BCUT2D eigenvalue weighted by molar-refractivity contribution is -0.123. The molecule has 0 saturated carbocycles. The largest absolute Gasteiger partial charge is 0.484 e. The number of nitrogens with one attached hydrogen (secondary N) is 1. The third kappa shape index (κ3) is 3.95. The normalized spacial score (nSPS) is 11.9. The monoisotopic (exact) mass is 313 g/mol. The molecule has 0 fully saturated rings. The van der Waals surface area contributed by atoms with E-state index in [0.29, 0.717) is 5.75 Å². The van der Waals surface area contributed by atoms with Crippen LogP contribution >= 0.6 is 22.9 Å². The number of carbonyl (C=O) groups is 1. The second kappa shape index (κ2) is 6.72. The van der Waals surface area contributed by atoms with Gasteiger partial charge in [0.1, 0.15) is 11.6 Å². The molecule has 0 aliphatic rings. The summed E-state index contributed by atoms with van der Waals surface area (Å²) in [4.78, 5) is 12.8. The minimum absolute atomic E-state index is 0.0325. The fraction of sp³-hybridized carbons (Fsp3) is 0.214. The Morgan fingerprint density at radius 3 is 2.95 bits per heavy atom. The van der Waals surface area contributed by atoms with Crippen LogP contribution in [0.1, 0.15) is 17.8 Å². The number of benzene rings is 1. The van der Waals surface area contributed by atoms with Gasteiger partial charge in [-0.25, -0.2) is 4.39 Å². The molecule has 1 atom stereocenters. The molecular weight excluding hydrogens is 301 g/mol. The summed E-state index contributed by atoms with van der Waals surface area (Å²) in [6.07, 6.45) is 0. The fourth-order valence-electron chi connectivity index (χ4n) is 1.61. The first-order valence-electron chi connectivity index (χ1n) is 5.97. The van der Waals surface area contributed by atoms with E-state index in [2.05, 4.69) is 5.32 Å². The Morgan fingerprint density at radius 2 is 2.30 bits per heavy atom. The maximum Gasteiger partial charge on any atom is 0.258 e. The van der Waals surface area contributed by atoms with E-state index in [-0.39, 0.29) is 23.6 Å². The third-order valence-electron chi connectivity index (χ3n) is 2.61. The van der Waals surface area contributed by atoms with Crippen molar-refractivity contribution in [3.05, 3.63) is 51.4 Å². The number of rotatable bonds is 5. The van der Waals surface area contributed by atoms with Crippen LogP contribution in [0.5, 0.6) is 5.75 Å².